The molecule has 0 aliphatic carbocycles. The first kappa shape index (κ1) is 20.8. The molecule has 3 rings (SSSR count). The van der Waals surface area contributed by atoms with E-state index in [0.29, 0.717) is 12.0 Å². The molecule has 0 aromatic heterocycles. The van der Waals surface area contributed by atoms with Crippen molar-refractivity contribution in [3.63, 3.8) is 0 Å². The van der Waals surface area contributed by atoms with E-state index in [0.717, 1.165) is 50.3 Å². The highest BCUT2D eigenvalue weighted by molar-refractivity contribution is 5.80. The van der Waals surface area contributed by atoms with Crippen LogP contribution in [0.4, 0.5) is 0 Å². The Labute approximate surface area is 169 Å². The molecule has 0 radical (unpaired) electrons. The van der Waals surface area contributed by atoms with Crippen LogP contribution in [-0.2, 0) is 10.2 Å². The van der Waals surface area contributed by atoms with E-state index < -0.39 is 0 Å². The maximum atomic E-state index is 5.67. The van der Waals surface area contributed by atoms with Gasteiger partial charge in [0.25, 0.3) is 0 Å². The Kier molecular flexibility index (Phi) is 6.38. The monoisotopic (exact) mass is 389 g/mol. The molecule has 2 fully saturated rings. The molecule has 156 valence electrons. The van der Waals surface area contributed by atoms with Crippen molar-refractivity contribution < 1.29 is 14.2 Å². The van der Waals surface area contributed by atoms with Crippen molar-refractivity contribution in [2.24, 2.45) is 10.4 Å². The summed E-state index contributed by atoms with van der Waals surface area (Å²) in [6.07, 6.45) is 2.36. The smallest absolute Gasteiger partial charge is 0.193 e. The van der Waals surface area contributed by atoms with Crippen LogP contribution in [0.25, 0.3) is 0 Å². The number of methoxy groups -OCH3 is 2. The molecule has 1 spiro atoms. The molecule has 1 aromatic rings. The standard InChI is InChI=1S/C22H35N3O3/c1-6-23-20(25-11-9-22(15-25)10-12-28-16-22)24-14-21(2,3)17-7-8-18(26-4)19(13-17)27-5/h7-8,13H,6,9-12,14-16H2,1-5H3,(H,23,24). The SMILES string of the molecule is CCNC(=NCC(C)(C)c1ccc(OC)c(OC)c1)N1CCC2(CCOC2)C1. The average molecular weight is 390 g/mol. The Balaban J connectivity index is 1.74. The highest BCUT2D eigenvalue weighted by Gasteiger charge is 2.42. The normalized spacial score (nSPS) is 22.8. The summed E-state index contributed by atoms with van der Waals surface area (Å²) in [5.41, 5.74) is 1.40. The molecule has 2 aliphatic heterocycles. The number of benzene rings is 1. The number of nitrogens with zero attached hydrogens (tertiary/aromatic N) is 2. The molecule has 2 heterocycles. The topological polar surface area (TPSA) is 55.3 Å². The first-order chi connectivity index (χ1) is 13.4. The summed E-state index contributed by atoms with van der Waals surface area (Å²) in [7, 11) is 3.33. The lowest BCUT2D eigenvalue weighted by atomic mass is 9.84. The minimum absolute atomic E-state index is 0.117. The highest BCUT2D eigenvalue weighted by atomic mass is 16.5. The van der Waals surface area contributed by atoms with Crippen molar-refractivity contribution in [1.82, 2.24) is 10.2 Å². The first-order valence-electron chi connectivity index (χ1n) is 10.3. The number of hydrogen-bond acceptors (Lipinski definition) is 4. The molecule has 6 heteroatoms. The Bertz CT molecular complexity index is 696. The van der Waals surface area contributed by atoms with Gasteiger partial charge in [-0.2, -0.15) is 0 Å². The molecular weight excluding hydrogens is 354 g/mol. The van der Waals surface area contributed by atoms with Gasteiger partial charge >= 0.3 is 0 Å². The molecule has 1 aromatic carbocycles. The molecule has 28 heavy (non-hydrogen) atoms. The van der Waals surface area contributed by atoms with Crippen LogP contribution in [0.15, 0.2) is 23.2 Å². The van der Waals surface area contributed by atoms with Gasteiger partial charge in [0.15, 0.2) is 17.5 Å². The van der Waals surface area contributed by atoms with Gasteiger partial charge in [-0.15, -0.1) is 0 Å². The Morgan fingerprint density at radius 1 is 1.25 bits per heavy atom. The van der Waals surface area contributed by atoms with Crippen LogP contribution in [0.2, 0.25) is 0 Å². The molecule has 1 unspecified atom stereocenters. The molecular formula is C22H35N3O3. The third-order valence-electron chi connectivity index (χ3n) is 6.05. The van der Waals surface area contributed by atoms with Crippen LogP contribution in [-0.4, -0.2) is 64.5 Å². The molecule has 6 nitrogen and oxygen atoms in total. The van der Waals surface area contributed by atoms with E-state index >= 15 is 0 Å². The van der Waals surface area contributed by atoms with E-state index in [-0.39, 0.29) is 5.41 Å². The third-order valence-corrected chi connectivity index (χ3v) is 6.05. The molecule has 1 N–H and O–H groups in total. The number of aliphatic imine (C=N–C) groups is 1. The molecule has 1 atom stereocenters. The fourth-order valence-corrected chi connectivity index (χ4v) is 4.13. The average Bonchev–Trinajstić information content (AvgIpc) is 3.34. The lowest BCUT2D eigenvalue weighted by molar-refractivity contribution is 0.156. The van der Waals surface area contributed by atoms with Gasteiger partial charge in [0.1, 0.15) is 0 Å². The van der Waals surface area contributed by atoms with Gasteiger partial charge < -0.3 is 24.4 Å². The predicted molar refractivity (Wildman–Crippen MR) is 113 cm³/mol. The van der Waals surface area contributed by atoms with Gasteiger partial charge in [-0.25, -0.2) is 0 Å². The minimum Gasteiger partial charge on any atom is -0.493 e. The second-order valence-electron chi connectivity index (χ2n) is 8.60. The molecule has 0 saturated carbocycles. The summed E-state index contributed by atoms with van der Waals surface area (Å²) >= 11 is 0. The van der Waals surface area contributed by atoms with Gasteiger partial charge in [0, 0.05) is 37.1 Å². The summed E-state index contributed by atoms with van der Waals surface area (Å²) in [6.45, 7) is 12.0. The number of likely N-dealkylation sites (tertiary alicyclic amines) is 1. The zero-order valence-corrected chi connectivity index (χ0v) is 18.0. The fraction of sp³-hybridized carbons (Fsp3) is 0.682. The van der Waals surface area contributed by atoms with Gasteiger partial charge in [0.2, 0.25) is 0 Å². The second kappa shape index (κ2) is 8.60. The molecule has 0 amide bonds. The van der Waals surface area contributed by atoms with Gasteiger partial charge in [-0.05, 0) is 37.5 Å². The van der Waals surface area contributed by atoms with E-state index in [9.17, 15) is 0 Å². The lowest BCUT2D eigenvalue weighted by Crippen LogP contribution is -2.42. The summed E-state index contributed by atoms with van der Waals surface area (Å²) in [4.78, 5) is 7.42. The maximum Gasteiger partial charge on any atom is 0.193 e. The van der Waals surface area contributed by atoms with E-state index in [1.165, 1.54) is 18.4 Å². The van der Waals surface area contributed by atoms with Crippen molar-refractivity contribution in [2.75, 3.05) is 53.6 Å². The molecule has 2 saturated heterocycles. The Hall–Kier alpha value is -1.95. The Morgan fingerprint density at radius 2 is 2.04 bits per heavy atom. The highest BCUT2D eigenvalue weighted by Crippen LogP contribution is 2.38. The number of guanidine groups is 1. The van der Waals surface area contributed by atoms with E-state index in [1.54, 1.807) is 14.2 Å². The van der Waals surface area contributed by atoms with Crippen LogP contribution < -0.4 is 14.8 Å². The summed E-state index contributed by atoms with van der Waals surface area (Å²) < 4.78 is 16.5. The van der Waals surface area contributed by atoms with E-state index in [1.807, 2.05) is 6.07 Å². The quantitative estimate of drug-likeness (QED) is 0.599. The van der Waals surface area contributed by atoms with Gasteiger partial charge in [-0.3, -0.25) is 4.99 Å². The maximum absolute atomic E-state index is 5.67. The van der Waals surface area contributed by atoms with Crippen LogP contribution in [0.1, 0.15) is 39.2 Å². The van der Waals surface area contributed by atoms with Crippen LogP contribution in [0, 0.1) is 5.41 Å². The van der Waals surface area contributed by atoms with Crippen molar-refractivity contribution in [2.45, 2.75) is 39.0 Å². The Morgan fingerprint density at radius 3 is 2.68 bits per heavy atom. The number of rotatable bonds is 6. The van der Waals surface area contributed by atoms with Crippen LogP contribution in [0.3, 0.4) is 0 Å². The lowest BCUT2D eigenvalue weighted by Gasteiger charge is -2.28. The first-order valence-corrected chi connectivity index (χ1v) is 10.3. The van der Waals surface area contributed by atoms with Gasteiger partial charge in [-0.1, -0.05) is 19.9 Å². The van der Waals surface area contributed by atoms with Crippen molar-refractivity contribution >= 4 is 5.96 Å². The van der Waals surface area contributed by atoms with Gasteiger partial charge in [0.05, 0.1) is 27.4 Å². The zero-order chi connectivity index (χ0) is 20.2. The number of nitrogens with one attached hydrogen (secondary N) is 1. The zero-order valence-electron chi connectivity index (χ0n) is 18.0. The summed E-state index contributed by atoms with van der Waals surface area (Å²) in [6, 6.07) is 6.13. The third kappa shape index (κ3) is 4.37. The molecule has 0 bridgehead atoms. The fourth-order valence-electron chi connectivity index (χ4n) is 4.13. The van der Waals surface area contributed by atoms with E-state index in [4.69, 9.17) is 19.2 Å². The summed E-state index contributed by atoms with van der Waals surface area (Å²) in [5.74, 6) is 2.52. The predicted octanol–water partition coefficient (Wildman–Crippen LogP) is 3.06. The largest absolute Gasteiger partial charge is 0.493 e. The van der Waals surface area contributed by atoms with Crippen LogP contribution >= 0.6 is 0 Å². The minimum atomic E-state index is -0.117. The van der Waals surface area contributed by atoms with Crippen molar-refractivity contribution in [3.05, 3.63) is 23.8 Å². The van der Waals surface area contributed by atoms with Crippen molar-refractivity contribution in [3.8, 4) is 11.5 Å². The van der Waals surface area contributed by atoms with Crippen LogP contribution in [0.5, 0.6) is 11.5 Å². The second-order valence-corrected chi connectivity index (χ2v) is 8.60. The molecule has 2 aliphatic rings. The number of hydrogen-bond donors (Lipinski definition) is 1. The number of ether oxygens (including phenoxy) is 3. The summed E-state index contributed by atoms with van der Waals surface area (Å²) in [5, 5.41) is 3.49. The van der Waals surface area contributed by atoms with E-state index in [2.05, 4.69) is 43.1 Å². The van der Waals surface area contributed by atoms with Crippen molar-refractivity contribution in [1.29, 1.82) is 0 Å².